The maximum absolute atomic E-state index is 13.2. The first-order valence-corrected chi connectivity index (χ1v) is 9.81. The first-order valence-electron chi connectivity index (χ1n) is 8.37. The molecule has 0 aliphatic carbocycles. The van der Waals surface area contributed by atoms with Gasteiger partial charge in [0, 0.05) is 18.5 Å². The Morgan fingerprint density at radius 3 is 2.31 bits per heavy atom. The van der Waals surface area contributed by atoms with E-state index in [-0.39, 0.29) is 16.9 Å². The van der Waals surface area contributed by atoms with Crippen molar-refractivity contribution < 1.29 is 12.8 Å². The molecule has 2 aromatic carbocycles. The van der Waals surface area contributed by atoms with Crippen LogP contribution in [0.1, 0.15) is 25.5 Å². The van der Waals surface area contributed by atoms with Gasteiger partial charge in [0.1, 0.15) is 5.58 Å². The molecule has 0 fully saturated rings. The summed E-state index contributed by atoms with van der Waals surface area (Å²) in [5, 5.41) is 0.569. The van der Waals surface area contributed by atoms with Crippen molar-refractivity contribution in [2.24, 2.45) is 5.92 Å². The van der Waals surface area contributed by atoms with Crippen molar-refractivity contribution >= 4 is 21.0 Å². The molecular formula is C20H21NO4S. The van der Waals surface area contributed by atoms with Crippen LogP contribution in [-0.2, 0) is 10.0 Å². The van der Waals surface area contributed by atoms with E-state index in [1.54, 1.807) is 13.1 Å². The number of hydrogen-bond donors (Lipinski definition) is 0. The highest BCUT2D eigenvalue weighted by atomic mass is 32.2. The van der Waals surface area contributed by atoms with Crippen molar-refractivity contribution in [3.8, 4) is 0 Å². The molecule has 0 saturated carbocycles. The number of nitrogens with zero attached hydrogens (tertiary/aromatic N) is 1. The highest BCUT2D eigenvalue weighted by Gasteiger charge is 2.31. The minimum absolute atomic E-state index is 0.0932. The quantitative estimate of drug-likeness (QED) is 0.640. The maximum Gasteiger partial charge on any atom is 0.336 e. The van der Waals surface area contributed by atoms with Gasteiger partial charge in [-0.3, -0.25) is 0 Å². The third kappa shape index (κ3) is 3.43. The fourth-order valence-corrected chi connectivity index (χ4v) is 4.70. The van der Waals surface area contributed by atoms with Crippen molar-refractivity contribution in [1.82, 2.24) is 4.31 Å². The van der Waals surface area contributed by atoms with Gasteiger partial charge in [0.25, 0.3) is 0 Å². The van der Waals surface area contributed by atoms with Crippen LogP contribution < -0.4 is 5.63 Å². The van der Waals surface area contributed by atoms with Crippen molar-refractivity contribution in [3.63, 3.8) is 0 Å². The molecule has 0 bridgehead atoms. The summed E-state index contributed by atoms with van der Waals surface area (Å²) >= 11 is 0. The molecule has 0 aliphatic heterocycles. The van der Waals surface area contributed by atoms with Crippen LogP contribution in [0.25, 0.3) is 11.0 Å². The molecular weight excluding hydrogens is 350 g/mol. The smallest absolute Gasteiger partial charge is 0.336 e. The van der Waals surface area contributed by atoms with Crippen molar-refractivity contribution in [2.45, 2.75) is 24.8 Å². The molecule has 0 N–H and O–H groups in total. The summed E-state index contributed by atoms with van der Waals surface area (Å²) in [7, 11) is -2.12. The van der Waals surface area contributed by atoms with Gasteiger partial charge in [0.15, 0.2) is 0 Å². The predicted molar refractivity (Wildman–Crippen MR) is 101 cm³/mol. The Morgan fingerprint density at radius 1 is 0.962 bits per heavy atom. The molecule has 3 aromatic rings. The average Bonchev–Trinajstić information content (AvgIpc) is 2.61. The van der Waals surface area contributed by atoms with Crippen LogP contribution in [0, 0.1) is 5.92 Å². The summed E-state index contributed by atoms with van der Waals surface area (Å²) in [6, 6.07) is 16.7. The first-order chi connectivity index (χ1) is 12.3. The minimum atomic E-state index is -3.72. The monoisotopic (exact) mass is 371 g/mol. The van der Waals surface area contributed by atoms with E-state index in [2.05, 4.69) is 0 Å². The van der Waals surface area contributed by atoms with Crippen molar-refractivity contribution in [2.75, 3.05) is 7.05 Å². The van der Waals surface area contributed by atoms with Gasteiger partial charge in [0.2, 0.25) is 10.0 Å². The number of rotatable bonds is 5. The average molecular weight is 371 g/mol. The Morgan fingerprint density at radius 2 is 1.65 bits per heavy atom. The zero-order valence-electron chi connectivity index (χ0n) is 14.9. The van der Waals surface area contributed by atoms with Gasteiger partial charge < -0.3 is 4.42 Å². The second-order valence-electron chi connectivity index (χ2n) is 6.57. The summed E-state index contributed by atoms with van der Waals surface area (Å²) < 4.78 is 32.9. The van der Waals surface area contributed by atoms with Gasteiger partial charge >= 0.3 is 5.63 Å². The largest absolute Gasteiger partial charge is 0.423 e. The van der Waals surface area contributed by atoms with Gasteiger partial charge in [-0.15, -0.1) is 0 Å². The Bertz CT molecular complexity index is 1070. The van der Waals surface area contributed by atoms with E-state index in [9.17, 15) is 13.2 Å². The lowest BCUT2D eigenvalue weighted by Crippen LogP contribution is -2.34. The normalized spacial score (nSPS) is 13.4. The fourth-order valence-electron chi connectivity index (χ4n) is 3.19. The number of fused-ring (bicyclic) bond motifs is 1. The third-order valence-electron chi connectivity index (χ3n) is 4.43. The van der Waals surface area contributed by atoms with Gasteiger partial charge in [0.05, 0.1) is 10.9 Å². The van der Waals surface area contributed by atoms with E-state index >= 15 is 0 Å². The minimum Gasteiger partial charge on any atom is -0.423 e. The van der Waals surface area contributed by atoms with E-state index in [1.807, 2.05) is 44.2 Å². The molecule has 1 unspecified atom stereocenters. The fraction of sp³-hybridized carbons (Fsp3) is 0.250. The van der Waals surface area contributed by atoms with E-state index in [0.29, 0.717) is 11.0 Å². The summed E-state index contributed by atoms with van der Waals surface area (Å²) in [6.07, 6.45) is 0. The van der Waals surface area contributed by atoms with Crippen molar-refractivity contribution in [1.29, 1.82) is 0 Å². The summed E-state index contributed by atoms with van der Waals surface area (Å²) in [4.78, 5) is 11.5. The molecule has 3 rings (SSSR count). The molecule has 0 amide bonds. The summed E-state index contributed by atoms with van der Waals surface area (Å²) in [5.41, 5.74) is 0.845. The SMILES string of the molecule is CC(C)C(c1ccccc1)N(C)S(=O)(=O)c1ccc2oc(=O)ccc2c1. The second kappa shape index (κ2) is 7.05. The van der Waals surface area contributed by atoms with Crippen LogP contribution >= 0.6 is 0 Å². The van der Waals surface area contributed by atoms with Crippen LogP contribution in [0.15, 0.2) is 74.8 Å². The van der Waals surface area contributed by atoms with Crippen molar-refractivity contribution in [3.05, 3.63) is 76.6 Å². The summed E-state index contributed by atoms with van der Waals surface area (Å²) in [5.74, 6) is 0.0932. The van der Waals surface area contributed by atoms with E-state index in [4.69, 9.17) is 4.42 Å². The molecule has 5 nitrogen and oxygen atoms in total. The Balaban J connectivity index is 2.05. The first kappa shape index (κ1) is 18.4. The molecule has 1 atom stereocenters. The van der Waals surface area contributed by atoms with Crippen LogP contribution in [0.4, 0.5) is 0 Å². The molecule has 26 heavy (non-hydrogen) atoms. The Hall–Kier alpha value is -2.44. The maximum atomic E-state index is 13.2. The van der Waals surface area contributed by atoms with Crippen LogP contribution in [0.3, 0.4) is 0 Å². The van der Waals surface area contributed by atoms with E-state index < -0.39 is 15.6 Å². The second-order valence-corrected chi connectivity index (χ2v) is 8.57. The van der Waals surface area contributed by atoms with Gasteiger partial charge in [-0.25, -0.2) is 13.2 Å². The molecule has 1 aromatic heterocycles. The van der Waals surface area contributed by atoms with E-state index in [1.165, 1.54) is 28.6 Å². The molecule has 6 heteroatoms. The third-order valence-corrected chi connectivity index (χ3v) is 6.27. The molecule has 0 aliphatic rings. The number of sulfonamides is 1. The zero-order valence-corrected chi connectivity index (χ0v) is 15.7. The van der Waals surface area contributed by atoms with Gasteiger partial charge in [-0.05, 0) is 35.7 Å². The van der Waals surface area contributed by atoms with Crippen LogP contribution in [0.2, 0.25) is 0 Å². The Kier molecular flexibility index (Phi) is 4.98. The topological polar surface area (TPSA) is 67.6 Å². The number of hydrogen-bond acceptors (Lipinski definition) is 4. The van der Waals surface area contributed by atoms with E-state index in [0.717, 1.165) is 5.56 Å². The summed E-state index contributed by atoms with van der Waals surface area (Å²) in [6.45, 7) is 4.00. The molecule has 1 heterocycles. The number of benzene rings is 2. The molecule has 0 saturated heterocycles. The van der Waals surface area contributed by atoms with Gasteiger partial charge in [-0.2, -0.15) is 4.31 Å². The van der Waals surface area contributed by atoms with Gasteiger partial charge in [-0.1, -0.05) is 44.2 Å². The lowest BCUT2D eigenvalue weighted by Gasteiger charge is -2.31. The van der Waals surface area contributed by atoms with Crippen LogP contribution in [0.5, 0.6) is 0 Å². The molecule has 0 spiro atoms. The predicted octanol–water partition coefficient (Wildman–Crippen LogP) is 3.81. The lowest BCUT2D eigenvalue weighted by molar-refractivity contribution is 0.300. The highest BCUT2D eigenvalue weighted by molar-refractivity contribution is 7.89. The zero-order chi connectivity index (χ0) is 18.9. The molecule has 136 valence electrons. The molecule has 0 radical (unpaired) electrons. The van der Waals surface area contributed by atoms with Crippen LogP contribution in [-0.4, -0.2) is 19.8 Å². The highest BCUT2D eigenvalue weighted by Crippen LogP contribution is 2.32. The Labute approximate surface area is 152 Å². The standard InChI is InChI=1S/C20H21NO4S/c1-14(2)20(15-7-5-4-6-8-15)21(3)26(23,24)17-10-11-18-16(13-17)9-12-19(22)25-18/h4-14,20H,1-3H3. The lowest BCUT2D eigenvalue weighted by atomic mass is 9.96.